The van der Waals surface area contributed by atoms with Gasteiger partial charge in [-0.1, -0.05) is 128 Å². The van der Waals surface area contributed by atoms with Crippen LogP contribution in [0.25, 0.3) is 0 Å². The Labute approximate surface area is 296 Å². The minimum absolute atomic E-state index is 0.253. The molecule has 50 heavy (non-hydrogen) atoms. The van der Waals surface area contributed by atoms with Crippen LogP contribution >= 0.6 is 0 Å². The van der Waals surface area contributed by atoms with Crippen LogP contribution in [0.15, 0.2) is 121 Å². The number of hydrogen-bond acceptors (Lipinski definition) is 8. The average Bonchev–Trinajstić information content (AvgIpc) is 3.15. The predicted molar refractivity (Wildman–Crippen MR) is 190 cm³/mol. The van der Waals surface area contributed by atoms with Gasteiger partial charge in [-0.2, -0.15) is 0 Å². The molecule has 6 rings (SSSR count). The summed E-state index contributed by atoms with van der Waals surface area (Å²) in [6.07, 6.45) is -5.14. The van der Waals surface area contributed by atoms with E-state index in [0.29, 0.717) is 26.4 Å². The summed E-state index contributed by atoms with van der Waals surface area (Å²) in [5.41, 5.74) is 4.20. The highest BCUT2D eigenvalue weighted by atomic mass is 16.7. The van der Waals surface area contributed by atoms with E-state index >= 15 is 0 Å². The van der Waals surface area contributed by atoms with E-state index in [-0.39, 0.29) is 18.6 Å². The molecular weight excluding hydrogens is 632 g/mol. The van der Waals surface area contributed by atoms with Crippen LogP contribution in [0.1, 0.15) is 43.0 Å². The highest BCUT2D eigenvalue weighted by Crippen LogP contribution is 2.36. The molecule has 8 nitrogen and oxygen atoms in total. The second kappa shape index (κ2) is 18.2. The summed E-state index contributed by atoms with van der Waals surface area (Å²) in [4.78, 5) is 0. The fraction of sp³-hybridized carbons (Fsp3) is 0.429. The monoisotopic (exact) mass is 682 g/mol. The molecule has 4 aromatic rings. The van der Waals surface area contributed by atoms with Crippen LogP contribution in [-0.4, -0.2) is 66.8 Å². The molecule has 2 saturated heterocycles. The third-order valence-electron chi connectivity index (χ3n) is 9.52. The lowest BCUT2D eigenvalue weighted by Crippen LogP contribution is -2.62. The van der Waals surface area contributed by atoms with Gasteiger partial charge < -0.3 is 38.3 Å². The first-order chi connectivity index (χ1) is 24.5. The van der Waals surface area contributed by atoms with Crippen molar-refractivity contribution in [2.45, 2.75) is 102 Å². The molecule has 2 aliphatic heterocycles. The lowest BCUT2D eigenvalue weighted by Gasteiger charge is -2.49. The summed E-state index contributed by atoms with van der Waals surface area (Å²) in [6.45, 7) is 7.68. The quantitative estimate of drug-likeness (QED) is 0.145. The molecule has 1 N–H and O–H groups in total. The second-order valence-corrected chi connectivity index (χ2v) is 13.3. The topological polar surface area (TPSA) is 84.8 Å². The SMILES string of the molecule is CC1C(OCc2ccccc2)[C@H](OCc2ccccc2)[C@@H](COCc2ccccc2)O[C@@H]1O[C@H]1C(O)[C@H](C)OC(C)[C@@H]1OCc1ccccc1. The van der Waals surface area contributed by atoms with E-state index in [9.17, 15) is 5.11 Å². The van der Waals surface area contributed by atoms with Crippen LogP contribution in [0.5, 0.6) is 0 Å². The van der Waals surface area contributed by atoms with Crippen molar-refractivity contribution in [2.24, 2.45) is 5.92 Å². The lowest BCUT2D eigenvalue weighted by molar-refractivity contribution is -0.341. The second-order valence-electron chi connectivity index (χ2n) is 13.3. The smallest absolute Gasteiger partial charge is 0.163 e. The van der Waals surface area contributed by atoms with Gasteiger partial charge in [0, 0.05) is 5.92 Å². The van der Waals surface area contributed by atoms with Gasteiger partial charge in [0.2, 0.25) is 0 Å². The van der Waals surface area contributed by atoms with E-state index in [1.54, 1.807) is 0 Å². The van der Waals surface area contributed by atoms with Gasteiger partial charge in [0.15, 0.2) is 6.29 Å². The Morgan fingerprint density at radius 3 is 1.44 bits per heavy atom. The van der Waals surface area contributed by atoms with Gasteiger partial charge in [-0.05, 0) is 36.1 Å². The number of hydrogen-bond donors (Lipinski definition) is 1. The van der Waals surface area contributed by atoms with Crippen LogP contribution in [0.2, 0.25) is 0 Å². The summed E-state index contributed by atoms with van der Waals surface area (Å²) in [6, 6.07) is 40.2. The van der Waals surface area contributed by atoms with Crippen LogP contribution in [0.3, 0.4) is 0 Å². The van der Waals surface area contributed by atoms with Crippen molar-refractivity contribution in [1.29, 1.82) is 0 Å². The summed E-state index contributed by atoms with van der Waals surface area (Å²) < 4.78 is 45.8. The van der Waals surface area contributed by atoms with E-state index in [4.69, 9.17) is 33.2 Å². The highest BCUT2D eigenvalue weighted by Gasteiger charge is 2.50. The molecule has 266 valence electrons. The van der Waals surface area contributed by atoms with Crippen molar-refractivity contribution in [3.63, 3.8) is 0 Å². The average molecular weight is 683 g/mol. The van der Waals surface area contributed by atoms with Gasteiger partial charge in [-0.15, -0.1) is 0 Å². The molecule has 0 amide bonds. The van der Waals surface area contributed by atoms with E-state index in [0.717, 1.165) is 22.3 Å². The summed E-state index contributed by atoms with van der Waals surface area (Å²) in [5.74, 6) is -0.278. The van der Waals surface area contributed by atoms with Crippen molar-refractivity contribution in [1.82, 2.24) is 0 Å². The van der Waals surface area contributed by atoms with Crippen molar-refractivity contribution < 1.29 is 38.3 Å². The molecule has 4 unspecified atom stereocenters. The summed E-state index contributed by atoms with van der Waals surface area (Å²) >= 11 is 0. The third-order valence-corrected chi connectivity index (χ3v) is 9.52. The molecule has 0 aliphatic carbocycles. The highest BCUT2D eigenvalue weighted by molar-refractivity contribution is 5.16. The van der Waals surface area contributed by atoms with E-state index < -0.39 is 49.0 Å². The van der Waals surface area contributed by atoms with Crippen molar-refractivity contribution in [3.8, 4) is 0 Å². The number of aliphatic hydroxyl groups is 1. The molecule has 2 fully saturated rings. The maximum atomic E-state index is 11.5. The fourth-order valence-electron chi connectivity index (χ4n) is 6.71. The maximum Gasteiger partial charge on any atom is 0.163 e. The van der Waals surface area contributed by atoms with E-state index in [2.05, 4.69) is 6.92 Å². The Morgan fingerprint density at radius 2 is 0.940 bits per heavy atom. The van der Waals surface area contributed by atoms with Crippen molar-refractivity contribution in [2.75, 3.05) is 6.61 Å². The summed E-state index contributed by atoms with van der Waals surface area (Å²) in [7, 11) is 0. The number of benzene rings is 4. The number of aliphatic hydroxyl groups excluding tert-OH is 1. The fourth-order valence-corrected chi connectivity index (χ4v) is 6.71. The molecule has 2 heterocycles. The summed E-state index contributed by atoms with van der Waals surface area (Å²) in [5, 5.41) is 11.5. The molecule has 0 spiro atoms. The zero-order valence-electron chi connectivity index (χ0n) is 29.2. The van der Waals surface area contributed by atoms with E-state index in [1.807, 2.05) is 135 Å². The van der Waals surface area contributed by atoms with Crippen LogP contribution < -0.4 is 0 Å². The zero-order chi connectivity index (χ0) is 34.7. The molecule has 0 radical (unpaired) electrons. The van der Waals surface area contributed by atoms with Gasteiger partial charge in [0.25, 0.3) is 0 Å². The first-order valence-electron chi connectivity index (χ1n) is 17.7. The molecule has 0 saturated carbocycles. The maximum absolute atomic E-state index is 11.5. The zero-order valence-corrected chi connectivity index (χ0v) is 29.2. The van der Waals surface area contributed by atoms with Gasteiger partial charge >= 0.3 is 0 Å². The largest absolute Gasteiger partial charge is 0.388 e. The first kappa shape index (κ1) is 36.4. The molecule has 0 bridgehead atoms. The van der Waals surface area contributed by atoms with Gasteiger partial charge in [-0.25, -0.2) is 0 Å². The number of ether oxygens (including phenoxy) is 7. The van der Waals surface area contributed by atoms with Gasteiger partial charge in [0.05, 0.1) is 51.3 Å². The molecule has 10 atom stereocenters. The lowest BCUT2D eigenvalue weighted by atomic mass is 9.90. The molecule has 4 aromatic carbocycles. The Bertz CT molecular complexity index is 1520. The molecule has 0 aromatic heterocycles. The van der Waals surface area contributed by atoms with Crippen molar-refractivity contribution >= 4 is 0 Å². The number of rotatable bonds is 15. The minimum Gasteiger partial charge on any atom is -0.388 e. The van der Waals surface area contributed by atoms with E-state index in [1.165, 1.54) is 0 Å². The van der Waals surface area contributed by atoms with Crippen molar-refractivity contribution in [3.05, 3.63) is 144 Å². The third kappa shape index (κ3) is 9.66. The van der Waals surface area contributed by atoms with Crippen LogP contribution in [0.4, 0.5) is 0 Å². The molecule has 2 aliphatic rings. The Kier molecular flexibility index (Phi) is 13.2. The molecular formula is C42H50O8. The normalized spacial score (nSPS) is 29.8. The minimum atomic E-state index is -0.939. The van der Waals surface area contributed by atoms with Crippen LogP contribution in [-0.2, 0) is 59.6 Å². The predicted octanol–water partition coefficient (Wildman–Crippen LogP) is 6.87. The first-order valence-corrected chi connectivity index (χ1v) is 17.7. The molecule has 8 heteroatoms. The van der Waals surface area contributed by atoms with Gasteiger partial charge in [0.1, 0.15) is 30.5 Å². The van der Waals surface area contributed by atoms with Crippen LogP contribution in [0, 0.1) is 5.92 Å². The van der Waals surface area contributed by atoms with Gasteiger partial charge in [-0.3, -0.25) is 0 Å². The standard InChI is InChI=1S/C42H50O8/c1-29-38(45-25-33-18-10-5-11-19-33)40(47-27-35-22-14-7-15-23-35)36(28-44-24-32-16-8-4-9-17-32)49-42(29)50-41-37(43)30(2)48-31(3)39(41)46-26-34-20-12-6-13-21-34/h4-23,29-31,36-43H,24-28H2,1-3H3/t29?,30-,31?,36+,37?,38?,39-,40+,41-,42+/m0/s1. The Hall–Kier alpha value is -3.44. The Balaban J connectivity index is 1.25. The Morgan fingerprint density at radius 1 is 0.500 bits per heavy atom.